The van der Waals surface area contributed by atoms with Gasteiger partial charge in [-0.3, -0.25) is 4.79 Å². The molecule has 2 rings (SSSR count). The first-order valence-electron chi connectivity index (χ1n) is 6.33. The van der Waals surface area contributed by atoms with Crippen molar-refractivity contribution in [2.45, 2.75) is 20.3 Å². The summed E-state index contributed by atoms with van der Waals surface area (Å²) in [6, 6.07) is 5.25. The van der Waals surface area contributed by atoms with Crippen LogP contribution < -0.4 is 11.3 Å². The van der Waals surface area contributed by atoms with Crippen LogP contribution in [0.15, 0.2) is 18.2 Å². The average Bonchev–Trinajstić information content (AvgIpc) is 2.37. The van der Waals surface area contributed by atoms with Crippen LogP contribution in [0.3, 0.4) is 0 Å². The third-order valence-corrected chi connectivity index (χ3v) is 3.27. The number of hydrazine groups is 1. The fourth-order valence-corrected chi connectivity index (χ4v) is 2.62. The van der Waals surface area contributed by atoms with E-state index < -0.39 is 0 Å². The quantitative estimate of drug-likeness (QED) is 0.614. The number of pyridine rings is 1. The van der Waals surface area contributed by atoms with Gasteiger partial charge in [-0.25, -0.2) is 10.8 Å². The van der Waals surface area contributed by atoms with Gasteiger partial charge in [0.1, 0.15) is 11.5 Å². The Morgan fingerprint density at radius 3 is 2.67 bits per heavy atom. The van der Waals surface area contributed by atoms with Crippen molar-refractivity contribution < 1.29 is 4.79 Å². The number of carbonyl (C=O) groups excluding carboxylic acids is 1. The van der Waals surface area contributed by atoms with Crippen molar-refractivity contribution in [3.63, 3.8) is 0 Å². The molecule has 1 aromatic rings. The number of nitrogen functional groups attached to an aromatic ring is 1. The SMILES string of the molecule is CC1CC(C)CN(C(=O)c2cccc(NN)n2)C1. The lowest BCUT2D eigenvalue weighted by Gasteiger charge is -2.34. The van der Waals surface area contributed by atoms with E-state index in [1.165, 1.54) is 6.42 Å². The number of carbonyl (C=O) groups is 1. The number of anilines is 1. The van der Waals surface area contributed by atoms with Gasteiger partial charge in [-0.2, -0.15) is 0 Å². The first-order valence-corrected chi connectivity index (χ1v) is 6.33. The number of piperidine rings is 1. The summed E-state index contributed by atoms with van der Waals surface area (Å²) in [6.45, 7) is 5.98. The molecule has 0 aromatic carbocycles. The maximum absolute atomic E-state index is 12.4. The summed E-state index contributed by atoms with van der Waals surface area (Å²) in [7, 11) is 0. The number of rotatable bonds is 2. The number of nitrogens with two attached hydrogens (primary N) is 1. The minimum absolute atomic E-state index is 0.00880. The van der Waals surface area contributed by atoms with Crippen LogP contribution in [-0.2, 0) is 0 Å². The van der Waals surface area contributed by atoms with Crippen molar-refractivity contribution in [3.05, 3.63) is 23.9 Å². The largest absolute Gasteiger partial charge is 0.337 e. The lowest BCUT2D eigenvalue weighted by molar-refractivity contribution is 0.0617. The summed E-state index contributed by atoms with van der Waals surface area (Å²) in [4.78, 5) is 18.4. The second kappa shape index (κ2) is 5.35. The Hall–Kier alpha value is -1.62. The van der Waals surface area contributed by atoms with Crippen molar-refractivity contribution >= 4 is 11.7 Å². The molecule has 1 saturated heterocycles. The third kappa shape index (κ3) is 2.79. The molecule has 0 bridgehead atoms. The minimum Gasteiger partial charge on any atom is -0.337 e. The molecule has 0 saturated carbocycles. The smallest absolute Gasteiger partial charge is 0.272 e. The normalized spacial score (nSPS) is 23.8. The highest BCUT2D eigenvalue weighted by Crippen LogP contribution is 2.22. The Morgan fingerprint density at radius 2 is 2.06 bits per heavy atom. The molecular formula is C13H20N4O. The number of nitrogens with one attached hydrogen (secondary N) is 1. The molecule has 1 amide bonds. The number of aromatic nitrogens is 1. The van der Waals surface area contributed by atoms with E-state index in [1.54, 1.807) is 18.2 Å². The van der Waals surface area contributed by atoms with E-state index in [0.717, 1.165) is 13.1 Å². The zero-order valence-corrected chi connectivity index (χ0v) is 10.9. The molecule has 5 heteroatoms. The van der Waals surface area contributed by atoms with E-state index >= 15 is 0 Å². The first kappa shape index (κ1) is 12.8. The summed E-state index contributed by atoms with van der Waals surface area (Å²) in [5.74, 6) is 6.91. The molecule has 2 heterocycles. The van der Waals surface area contributed by atoms with Gasteiger partial charge in [-0.15, -0.1) is 0 Å². The van der Waals surface area contributed by atoms with Gasteiger partial charge in [-0.05, 0) is 30.4 Å². The van der Waals surface area contributed by atoms with E-state index in [4.69, 9.17) is 5.84 Å². The Morgan fingerprint density at radius 1 is 1.39 bits per heavy atom. The minimum atomic E-state index is -0.00880. The number of hydrogen-bond donors (Lipinski definition) is 2. The van der Waals surface area contributed by atoms with Gasteiger partial charge in [0.15, 0.2) is 0 Å². The summed E-state index contributed by atoms with van der Waals surface area (Å²) in [5, 5.41) is 0. The lowest BCUT2D eigenvalue weighted by Crippen LogP contribution is -2.42. The molecule has 0 aliphatic carbocycles. The van der Waals surface area contributed by atoms with E-state index in [-0.39, 0.29) is 5.91 Å². The molecule has 18 heavy (non-hydrogen) atoms. The van der Waals surface area contributed by atoms with E-state index in [9.17, 15) is 4.79 Å². The Balaban J connectivity index is 2.14. The Labute approximate surface area is 107 Å². The molecule has 5 nitrogen and oxygen atoms in total. The van der Waals surface area contributed by atoms with Crippen molar-refractivity contribution in [3.8, 4) is 0 Å². The first-order chi connectivity index (χ1) is 8.60. The Bertz CT molecular complexity index is 425. The summed E-state index contributed by atoms with van der Waals surface area (Å²) >= 11 is 0. The van der Waals surface area contributed by atoms with Crippen molar-refractivity contribution in [2.24, 2.45) is 17.7 Å². The number of nitrogens with zero attached hydrogens (tertiary/aromatic N) is 2. The molecule has 0 spiro atoms. The van der Waals surface area contributed by atoms with Crippen molar-refractivity contribution in [2.75, 3.05) is 18.5 Å². The predicted molar refractivity (Wildman–Crippen MR) is 70.9 cm³/mol. The van der Waals surface area contributed by atoms with Crippen molar-refractivity contribution in [1.82, 2.24) is 9.88 Å². The topological polar surface area (TPSA) is 71.2 Å². The predicted octanol–water partition coefficient (Wildman–Crippen LogP) is 1.49. The monoisotopic (exact) mass is 248 g/mol. The summed E-state index contributed by atoms with van der Waals surface area (Å²) in [6.07, 6.45) is 1.18. The molecule has 3 N–H and O–H groups in total. The second-order valence-electron chi connectivity index (χ2n) is 5.21. The second-order valence-corrected chi connectivity index (χ2v) is 5.21. The van der Waals surface area contributed by atoms with Gasteiger partial charge in [0.25, 0.3) is 5.91 Å². The molecule has 0 radical (unpaired) electrons. The maximum atomic E-state index is 12.4. The van der Waals surface area contributed by atoms with Crippen LogP contribution in [0.1, 0.15) is 30.8 Å². The van der Waals surface area contributed by atoms with Crippen LogP contribution in [0.2, 0.25) is 0 Å². The van der Waals surface area contributed by atoms with Gasteiger partial charge in [0.05, 0.1) is 0 Å². The van der Waals surface area contributed by atoms with Gasteiger partial charge < -0.3 is 10.3 Å². The van der Waals surface area contributed by atoms with Crippen molar-refractivity contribution in [1.29, 1.82) is 0 Å². The summed E-state index contributed by atoms with van der Waals surface area (Å²) < 4.78 is 0. The van der Waals surface area contributed by atoms with Crippen LogP contribution in [0, 0.1) is 11.8 Å². The highest BCUT2D eigenvalue weighted by atomic mass is 16.2. The maximum Gasteiger partial charge on any atom is 0.272 e. The third-order valence-electron chi connectivity index (χ3n) is 3.27. The highest BCUT2D eigenvalue weighted by Gasteiger charge is 2.26. The molecule has 1 aliphatic rings. The van der Waals surface area contributed by atoms with Crippen LogP contribution in [0.25, 0.3) is 0 Å². The standard InChI is InChI=1S/C13H20N4O/c1-9-6-10(2)8-17(7-9)13(18)11-4-3-5-12(15-11)16-14/h3-5,9-10H,6-8,14H2,1-2H3,(H,15,16). The van der Waals surface area contributed by atoms with E-state index in [1.807, 2.05) is 4.90 Å². The number of hydrogen-bond acceptors (Lipinski definition) is 4. The van der Waals surface area contributed by atoms with E-state index in [0.29, 0.717) is 23.3 Å². The molecule has 1 aliphatic heterocycles. The average molecular weight is 248 g/mol. The fraction of sp³-hybridized carbons (Fsp3) is 0.538. The zero-order valence-electron chi connectivity index (χ0n) is 10.9. The molecule has 2 atom stereocenters. The molecule has 1 fully saturated rings. The van der Waals surface area contributed by atoms with Gasteiger partial charge >= 0.3 is 0 Å². The number of amides is 1. The van der Waals surface area contributed by atoms with Crippen LogP contribution >= 0.6 is 0 Å². The Kier molecular flexibility index (Phi) is 3.81. The van der Waals surface area contributed by atoms with Crippen LogP contribution in [0.5, 0.6) is 0 Å². The zero-order chi connectivity index (χ0) is 13.1. The fourth-order valence-electron chi connectivity index (χ4n) is 2.62. The molecule has 2 unspecified atom stereocenters. The highest BCUT2D eigenvalue weighted by molar-refractivity contribution is 5.92. The van der Waals surface area contributed by atoms with Gasteiger partial charge in [0, 0.05) is 13.1 Å². The molecule has 1 aromatic heterocycles. The van der Waals surface area contributed by atoms with E-state index in [2.05, 4.69) is 24.3 Å². The molecule has 98 valence electrons. The van der Waals surface area contributed by atoms with Gasteiger partial charge in [0.2, 0.25) is 0 Å². The summed E-state index contributed by atoms with van der Waals surface area (Å²) in [5.41, 5.74) is 2.91. The number of likely N-dealkylation sites (tertiary alicyclic amines) is 1. The molecular weight excluding hydrogens is 228 g/mol. The van der Waals surface area contributed by atoms with Crippen LogP contribution in [-0.4, -0.2) is 28.9 Å². The van der Waals surface area contributed by atoms with Crippen LogP contribution in [0.4, 0.5) is 5.82 Å². The van der Waals surface area contributed by atoms with Gasteiger partial charge in [-0.1, -0.05) is 19.9 Å². The lowest BCUT2D eigenvalue weighted by atomic mass is 9.92.